The van der Waals surface area contributed by atoms with E-state index in [2.05, 4.69) is 10.1 Å². The Hall–Kier alpha value is -2.95. The highest BCUT2D eigenvalue weighted by atomic mass is 19.1. The summed E-state index contributed by atoms with van der Waals surface area (Å²) in [6.07, 6.45) is 1.29. The molecule has 31 heavy (non-hydrogen) atoms. The Morgan fingerprint density at radius 3 is 2.55 bits per heavy atom. The lowest BCUT2D eigenvalue weighted by molar-refractivity contribution is 0.0153. The average molecular weight is 436 g/mol. The number of carbonyl (C=O) groups is 2. The summed E-state index contributed by atoms with van der Waals surface area (Å²) < 4.78 is 20.3. The number of nitrogens with zero attached hydrogens (tertiary/aromatic N) is 5. The van der Waals surface area contributed by atoms with Crippen LogP contribution in [0.3, 0.4) is 0 Å². The van der Waals surface area contributed by atoms with Crippen LogP contribution in [0.1, 0.15) is 50.4 Å². The quantitative estimate of drug-likeness (QED) is 0.311. The van der Waals surface area contributed by atoms with Crippen molar-refractivity contribution in [3.63, 3.8) is 0 Å². The lowest BCUT2D eigenvalue weighted by Crippen LogP contribution is -2.56. The highest BCUT2D eigenvalue weighted by Gasteiger charge is 2.44. The van der Waals surface area contributed by atoms with E-state index in [1.165, 1.54) is 16.1 Å². The standard InChI is InChI=1S/C20H30FN7O3/c1-12(2)31-20(30)26-9-8-17(16(21)11-26)27(15-5-6-15)19(29)14-4-7-18(24-10-14)28(23)13(3)25-22/h4,7,10,12,15-17H,5-6,8-9,11,22-23H2,1-3H3/b25-13-/t16-,17+/m0/s1. The molecule has 170 valence electrons. The molecule has 3 rings (SSSR count). The number of amides is 2. The zero-order chi connectivity index (χ0) is 22.7. The van der Waals surface area contributed by atoms with Crippen molar-refractivity contribution in [2.75, 3.05) is 18.1 Å². The van der Waals surface area contributed by atoms with Crippen molar-refractivity contribution >= 4 is 23.7 Å². The maximum absolute atomic E-state index is 15.1. The van der Waals surface area contributed by atoms with Gasteiger partial charge in [0, 0.05) is 18.8 Å². The van der Waals surface area contributed by atoms with Crippen molar-refractivity contribution in [1.82, 2.24) is 14.8 Å². The Morgan fingerprint density at radius 2 is 2.03 bits per heavy atom. The molecule has 1 aliphatic heterocycles. The molecule has 2 aliphatic rings. The van der Waals surface area contributed by atoms with Gasteiger partial charge in [-0.3, -0.25) is 4.79 Å². The first-order valence-electron chi connectivity index (χ1n) is 10.4. The molecule has 2 heterocycles. The molecule has 2 fully saturated rings. The summed E-state index contributed by atoms with van der Waals surface area (Å²) in [5.41, 5.74) is 0.347. The maximum atomic E-state index is 15.1. The molecule has 2 atom stereocenters. The summed E-state index contributed by atoms with van der Waals surface area (Å²) >= 11 is 0. The van der Waals surface area contributed by atoms with Crippen LogP contribution in [-0.4, -0.2) is 70.1 Å². The number of rotatable bonds is 5. The molecule has 2 amide bonds. The molecule has 0 aromatic carbocycles. The van der Waals surface area contributed by atoms with Gasteiger partial charge in [0.2, 0.25) is 0 Å². The van der Waals surface area contributed by atoms with Gasteiger partial charge in [0.1, 0.15) is 17.8 Å². The predicted octanol–water partition coefficient (Wildman–Crippen LogP) is 1.62. The van der Waals surface area contributed by atoms with Gasteiger partial charge < -0.3 is 20.4 Å². The van der Waals surface area contributed by atoms with Crippen LogP contribution in [0, 0.1) is 0 Å². The van der Waals surface area contributed by atoms with E-state index in [-0.39, 0.29) is 24.6 Å². The van der Waals surface area contributed by atoms with Gasteiger partial charge in [-0.25, -0.2) is 25.0 Å². The van der Waals surface area contributed by atoms with Gasteiger partial charge in [-0.15, -0.1) is 0 Å². The Kier molecular flexibility index (Phi) is 6.94. The Bertz CT molecular complexity index is 829. The molecule has 4 N–H and O–H groups in total. The number of hydrogen-bond acceptors (Lipinski definition) is 7. The number of halogens is 1. The molecule has 1 saturated heterocycles. The third-order valence-corrected chi connectivity index (χ3v) is 5.41. The lowest BCUT2D eigenvalue weighted by Gasteiger charge is -2.40. The second-order valence-electron chi connectivity index (χ2n) is 8.15. The smallest absolute Gasteiger partial charge is 0.410 e. The SMILES string of the molecule is C/C(=N/N)N(N)c1ccc(C(=O)N(C2CC2)[C@@H]2CCN(C(=O)OC(C)C)C[C@@H]2F)cn1. The number of aromatic nitrogens is 1. The van der Waals surface area contributed by atoms with Gasteiger partial charge >= 0.3 is 6.09 Å². The largest absolute Gasteiger partial charge is 0.447 e. The second-order valence-corrected chi connectivity index (χ2v) is 8.15. The number of hydrogen-bond donors (Lipinski definition) is 2. The fourth-order valence-electron chi connectivity index (χ4n) is 3.62. The fraction of sp³-hybridized carbons (Fsp3) is 0.600. The Balaban J connectivity index is 1.71. The molecule has 1 aliphatic carbocycles. The van der Waals surface area contributed by atoms with Gasteiger partial charge in [-0.2, -0.15) is 5.10 Å². The van der Waals surface area contributed by atoms with Gasteiger partial charge in [-0.1, -0.05) is 0 Å². The minimum absolute atomic E-state index is 0.00205. The first kappa shape index (κ1) is 22.7. The number of hydrazine groups is 1. The summed E-state index contributed by atoms with van der Waals surface area (Å²) in [4.78, 5) is 32.5. The summed E-state index contributed by atoms with van der Waals surface area (Å²) in [5, 5.41) is 4.71. The first-order valence-corrected chi connectivity index (χ1v) is 10.4. The van der Waals surface area contributed by atoms with Crippen LogP contribution in [0.25, 0.3) is 0 Å². The zero-order valence-corrected chi connectivity index (χ0v) is 18.1. The van der Waals surface area contributed by atoms with Gasteiger partial charge in [-0.05, 0) is 52.2 Å². The Labute approximate surface area is 181 Å². The number of alkyl halides is 1. The minimum atomic E-state index is -1.35. The maximum Gasteiger partial charge on any atom is 0.410 e. The van der Waals surface area contributed by atoms with E-state index in [1.807, 2.05) is 0 Å². The molecular formula is C20H30FN7O3. The normalized spacial score (nSPS) is 21.7. The molecule has 1 saturated carbocycles. The van der Waals surface area contributed by atoms with Crippen molar-refractivity contribution in [3.8, 4) is 0 Å². The number of hydrazone groups is 1. The van der Waals surface area contributed by atoms with Crippen molar-refractivity contribution < 1.29 is 18.7 Å². The monoisotopic (exact) mass is 435 g/mol. The number of ether oxygens (including phenoxy) is 1. The number of amidine groups is 1. The van der Waals surface area contributed by atoms with E-state index >= 15 is 4.39 Å². The van der Waals surface area contributed by atoms with E-state index in [0.717, 1.165) is 12.8 Å². The summed E-state index contributed by atoms with van der Waals surface area (Å²) in [5.74, 6) is 11.5. The van der Waals surface area contributed by atoms with Crippen molar-refractivity contribution in [3.05, 3.63) is 23.9 Å². The topological polar surface area (TPSA) is 130 Å². The molecule has 0 unspecified atom stereocenters. The van der Waals surface area contributed by atoms with Crippen LogP contribution in [0.4, 0.5) is 15.0 Å². The van der Waals surface area contributed by atoms with Crippen LogP contribution < -0.4 is 16.7 Å². The lowest BCUT2D eigenvalue weighted by atomic mass is 10.00. The molecule has 10 nitrogen and oxygen atoms in total. The second kappa shape index (κ2) is 9.46. The van der Waals surface area contributed by atoms with Crippen LogP contribution in [0.2, 0.25) is 0 Å². The average Bonchev–Trinajstić information content (AvgIpc) is 3.58. The predicted molar refractivity (Wildman–Crippen MR) is 114 cm³/mol. The summed E-state index contributed by atoms with van der Waals surface area (Å²) in [6.45, 7) is 5.37. The van der Waals surface area contributed by atoms with E-state index in [9.17, 15) is 9.59 Å². The molecule has 1 aromatic rings. The fourth-order valence-corrected chi connectivity index (χ4v) is 3.62. The van der Waals surface area contributed by atoms with Crippen molar-refractivity contribution in [2.45, 2.75) is 64.4 Å². The van der Waals surface area contributed by atoms with Gasteiger partial charge in [0.05, 0.1) is 24.3 Å². The molecule has 11 heteroatoms. The summed E-state index contributed by atoms with van der Waals surface area (Å²) in [7, 11) is 0. The van der Waals surface area contributed by atoms with Crippen LogP contribution in [0.15, 0.2) is 23.4 Å². The number of anilines is 1. The minimum Gasteiger partial charge on any atom is -0.447 e. The highest BCUT2D eigenvalue weighted by molar-refractivity contribution is 5.96. The third-order valence-electron chi connectivity index (χ3n) is 5.41. The zero-order valence-electron chi connectivity index (χ0n) is 18.1. The number of nitrogens with two attached hydrogens (primary N) is 2. The van der Waals surface area contributed by atoms with E-state index in [1.54, 1.807) is 37.8 Å². The van der Waals surface area contributed by atoms with Crippen LogP contribution in [-0.2, 0) is 4.74 Å². The number of likely N-dealkylation sites (tertiary alicyclic amines) is 1. The molecule has 0 spiro atoms. The van der Waals surface area contributed by atoms with Crippen molar-refractivity contribution in [1.29, 1.82) is 0 Å². The number of pyridine rings is 1. The van der Waals surface area contributed by atoms with Crippen molar-refractivity contribution in [2.24, 2.45) is 16.8 Å². The molecule has 0 radical (unpaired) electrons. The highest BCUT2D eigenvalue weighted by Crippen LogP contribution is 2.34. The molecule has 1 aromatic heterocycles. The number of carbonyl (C=O) groups excluding carboxylic acids is 2. The van der Waals surface area contributed by atoms with Gasteiger partial charge in [0.15, 0.2) is 0 Å². The Morgan fingerprint density at radius 1 is 1.32 bits per heavy atom. The van der Waals surface area contributed by atoms with E-state index < -0.39 is 18.3 Å². The number of piperidine rings is 1. The molecule has 0 bridgehead atoms. The first-order chi connectivity index (χ1) is 14.7. The van der Waals surface area contributed by atoms with E-state index in [0.29, 0.717) is 30.2 Å². The van der Waals surface area contributed by atoms with Crippen LogP contribution >= 0.6 is 0 Å². The van der Waals surface area contributed by atoms with Gasteiger partial charge in [0.25, 0.3) is 5.91 Å². The summed E-state index contributed by atoms with van der Waals surface area (Å²) in [6, 6.07) is 2.60. The van der Waals surface area contributed by atoms with E-state index in [4.69, 9.17) is 16.4 Å². The molecular weight excluding hydrogens is 405 g/mol. The third kappa shape index (κ3) is 5.22. The van der Waals surface area contributed by atoms with Crippen LogP contribution in [0.5, 0.6) is 0 Å².